The number of carbonyl (C=O) groups is 1. The second-order valence-electron chi connectivity index (χ2n) is 8.93. The fourth-order valence-corrected chi connectivity index (χ4v) is 4.75. The first-order valence-electron chi connectivity index (χ1n) is 12.0. The van der Waals surface area contributed by atoms with Crippen molar-refractivity contribution < 1.29 is 9.53 Å². The lowest BCUT2D eigenvalue weighted by Crippen LogP contribution is -2.30. The van der Waals surface area contributed by atoms with Gasteiger partial charge in [-0.15, -0.1) is 0 Å². The highest BCUT2D eigenvalue weighted by Crippen LogP contribution is 2.43. The SMILES string of the molecule is CCCCN1C(=O)c2[nH]nc(-c3ccc(C)cc3)c2C1c1ccc(OCc2ccccc2Cl)cc1. The summed E-state index contributed by atoms with van der Waals surface area (Å²) in [7, 11) is 0. The normalized spacial score (nSPS) is 14.9. The first-order chi connectivity index (χ1) is 17.1. The van der Waals surface area contributed by atoms with Gasteiger partial charge in [0, 0.05) is 28.3 Å². The number of unbranched alkanes of at least 4 members (excludes halogenated alkanes) is 1. The van der Waals surface area contributed by atoms with Crippen molar-refractivity contribution in [2.45, 2.75) is 39.3 Å². The molecule has 35 heavy (non-hydrogen) atoms. The monoisotopic (exact) mass is 485 g/mol. The van der Waals surface area contributed by atoms with Crippen molar-refractivity contribution in [1.29, 1.82) is 0 Å². The van der Waals surface area contributed by atoms with E-state index in [1.165, 1.54) is 5.56 Å². The Balaban J connectivity index is 1.46. The second kappa shape index (κ2) is 9.96. The summed E-state index contributed by atoms with van der Waals surface area (Å²) in [4.78, 5) is 15.3. The summed E-state index contributed by atoms with van der Waals surface area (Å²) in [5.41, 5.74) is 6.52. The van der Waals surface area contributed by atoms with Crippen LogP contribution in [0.25, 0.3) is 11.3 Å². The van der Waals surface area contributed by atoms with Crippen molar-refractivity contribution in [3.8, 4) is 17.0 Å². The maximum Gasteiger partial charge on any atom is 0.273 e. The van der Waals surface area contributed by atoms with Crippen molar-refractivity contribution in [2.24, 2.45) is 0 Å². The number of fused-ring (bicyclic) bond motifs is 1. The Labute approximate surface area is 210 Å². The molecular formula is C29H28ClN3O2. The molecule has 0 bridgehead atoms. The van der Waals surface area contributed by atoms with E-state index in [-0.39, 0.29) is 11.9 Å². The van der Waals surface area contributed by atoms with Gasteiger partial charge in [-0.2, -0.15) is 5.10 Å². The molecule has 0 saturated carbocycles. The summed E-state index contributed by atoms with van der Waals surface area (Å²) in [5, 5.41) is 8.28. The summed E-state index contributed by atoms with van der Waals surface area (Å²) < 4.78 is 5.98. The Bertz CT molecular complexity index is 1330. The molecule has 1 unspecified atom stereocenters. The molecule has 1 atom stereocenters. The third-order valence-corrected chi connectivity index (χ3v) is 6.86. The third kappa shape index (κ3) is 4.56. The third-order valence-electron chi connectivity index (χ3n) is 6.49. The predicted molar refractivity (Wildman–Crippen MR) is 139 cm³/mol. The number of amides is 1. The van der Waals surface area contributed by atoms with E-state index < -0.39 is 0 Å². The highest BCUT2D eigenvalue weighted by Gasteiger charge is 2.41. The molecule has 178 valence electrons. The standard InChI is InChI=1S/C29H28ClN3O2/c1-3-4-17-33-28(21-13-15-23(16-14-21)35-18-22-7-5-6-8-24(22)30)25-26(31-32-27(25)29(33)34)20-11-9-19(2)10-12-20/h5-16,28H,3-4,17-18H2,1-2H3,(H,31,32). The molecule has 4 aromatic rings. The zero-order valence-corrected chi connectivity index (χ0v) is 20.7. The van der Waals surface area contributed by atoms with Gasteiger partial charge in [-0.05, 0) is 37.1 Å². The number of hydrogen-bond donors (Lipinski definition) is 1. The quantitative estimate of drug-likeness (QED) is 0.293. The van der Waals surface area contributed by atoms with Crippen LogP contribution < -0.4 is 4.74 Å². The first kappa shape index (κ1) is 23.2. The molecule has 1 aromatic heterocycles. The van der Waals surface area contributed by atoms with E-state index in [1.807, 2.05) is 53.4 Å². The number of benzene rings is 3. The fourth-order valence-electron chi connectivity index (χ4n) is 4.56. The van der Waals surface area contributed by atoms with Crippen LogP contribution in [0.1, 0.15) is 58.5 Å². The van der Waals surface area contributed by atoms with Crippen LogP contribution in [0.15, 0.2) is 72.8 Å². The van der Waals surface area contributed by atoms with Crippen molar-refractivity contribution in [3.05, 3.63) is 106 Å². The summed E-state index contributed by atoms with van der Waals surface area (Å²) >= 11 is 6.26. The van der Waals surface area contributed by atoms with Gasteiger partial charge < -0.3 is 9.64 Å². The van der Waals surface area contributed by atoms with E-state index in [9.17, 15) is 4.79 Å². The average Bonchev–Trinajstić information content (AvgIpc) is 3.42. The molecule has 0 saturated heterocycles. The number of halogens is 1. The van der Waals surface area contributed by atoms with E-state index in [1.54, 1.807) is 0 Å². The van der Waals surface area contributed by atoms with E-state index in [2.05, 4.69) is 48.3 Å². The number of rotatable bonds is 8. The molecule has 0 fully saturated rings. The lowest BCUT2D eigenvalue weighted by molar-refractivity contribution is 0.0741. The largest absolute Gasteiger partial charge is 0.489 e. The minimum Gasteiger partial charge on any atom is -0.489 e. The van der Waals surface area contributed by atoms with E-state index in [4.69, 9.17) is 16.3 Å². The zero-order chi connectivity index (χ0) is 24.4. The van der Waals surface area contributed by atoms with Crippen LogP contribution in [0.2, 0.25) is 5.02 Å². The number of hydrogen-bond acceptors (Lipinski definition) is 3. The van der Waals surface area contributed by atoms with Crippen molar-refractivity contribution >= 4 is 17.5 Å². The Kier molecular flexibility index (Phi) is 6.60. The zero-order valence-electron chi connectivity index (χ0n) is 19.9. The van der Waals surface area contributed by atoms with E-state index >= 15 is 0 Å². The lowest BCUT2D eigenvalue weighted by Gasteiger charge is -2.26. The maximum atomic E-state index is 13.4. The second-order valence-corrected chi connectivity index (χ2v) is 9.34. The van der Waals surface area contributed by atoms with Crippen molar-refractivity contribution in [2.75, 3.05) is 6.54 Å². The minimum absolute atomic E-state index is 0.00311. The molecule has 1 aliphatic rings. The van der Waals surface area contributed by atoms with E-state index in [0.717, 1.165) is 46.5 Å². The van der Waals surface area contributed by atoms with Crippen LogP contribution >= 0.6 is 11.6 Å². The van der Waals surface area contributed by atoms with Crippen LogP contribution in [0.5, 0.6) is 5.75 Å². The fraction of sp³-hybridized carbons (Fsp3) is 0.241. The molecule has 5 nitrogen and oxygen atoms in total. The molecule has 0 aliphatic carbocycles. The van der Waals surface area contributed by atoms with Crippen LogP contribution in [0.3, 0.4) is 0 Å². The Morgan fingerprint density at radius 3 is 2.49 bits per heavy atom. The Morgan fingerprint density at radius 2 is 1.77 bits per heavy atom. The number of nitrogens with zero attached hydrogens (tertiary/aromatic N) is 2. The Hall–Kier alpha value is -3.57. The smallest absolute Gasteiger partial charge is 0.273 e. The summed E-state index contributed by atoms with van der Waals surface area (Å²) in [5.74, 6) is 0.757. The predicted octanol–water partition coefficient (Wildman–Crippen LogP) is 6.96. The first-order valence-corrected chi connectivity index (χ1v) is 12.4. The van der Waals surface area contributed by atoms with Crippen molar-refractivity contribution in [1.82, 2.24) is 15.1 Å². The molecule has 2 heterocycles. The summed E-state index contributed by atoms with van der Waals surface area (Å²) in [6.45, 7) is 5.29. The lowest BCUT2D eigenvalue weighted by atomic mass is 9.95. The molecule has 0 radical (unpaired) electrons. The van der Waals surface area contributed by atoms with Gasteiger partial charge in [-0.3, -0.25) is 9.89 Å². The van der Waals surface area contributed by atoms with Crippen LogP contribution in [0, 0.1) is 6.92 Å². The number of nitrogens with one attached hydrogen (secondary N) is 1. The summed E-state index contributed by atoms with van der Waals surface area (Å²) in [6, 6.07) is 23.7. The van der Waals surface area contributed by atoms with Crippen LogP contribution in [-0.4, -0.2) is 27.5 Å². The molecule has 6 heteroatoms. The molecule has 1 amide bonds. The van der Waals surface area contributed by atoms with Crippen LogP contribution in [-0.2, 0) is 6.61 Å². The number of H-pyrrole nitrogens is 1. The average molecular weight is 486 g/mol. The number of aryl methyl sites for hydroxylation is 1. The number of carbonyl (C=O) groups excluding carboxylic acids is 1. The van der Waals surface area contributed by atoms with Gasteiger partial charge in [0.05, 0.1) is 11.7 Å². The van der Waals surface area contributed by atoms with Gasteiger partial charge in [0.15, 0.2) is 0 Å². The molecular weight excluding hydrogens is 458 g/mol. The minimum atomic E-state index is -0.197. The van der Waals surface area contributed by atoms with Gasteiger partial charge >= 0.3 is 0 Å². The molecule has 1 N–H and O–H groups in total. The molecule has 3 aromatic carbocycles. The van der Waals surface area contributed by atoms with Gasteiger partial charge in [0.25, 0.3) is 5.91 Å². The van der Waals surface area contributed by atoms with Crippen molar-refractivity contribution in [3.63, 3.8) is 0 Å². The van der Waals surface area contributed by atoms with Crippen LogP contribution in [0.4, 0.5) is 0 Å². The maximum absolute atomic E-state index is 13.4. The molecule has 5 rings (SSSR count). The Morgan fingerprint density at radius 1 is 1.03 bits per heavy atom. The van der Waals surface area contributed by atoms with E-state index in [0.29, 0.717) is 23.9 Å². The van der Waals surface area contributed by atoms with Gasteiger partial charge in [-0.1, -0.05) is 85.1 Å². The van der Waals surface area contributed by atoms with Gasteiger partial charge in [0.1, 0.15) is 18.1 Å². The van der Waals surface area contributed by atoms with Gasteiger partial charge in [0.2, 0.25) is 0 Å². The number of ether oxygens (including phenoxy) is 1. The number of aromatic amines is 1. The molecule has 1 aliphatic heterocycles. The number of aromatic nitrogens is 2. The molecule has 0 spiro atoms. The highest BCUT2D eigenvalue weighted by atomic mass is 35.5. The van der Waals surface area contributed by atoms with Gasteiger partial charge in [-0.25, -0.2) is 0 Å². The topological polar surface area (TPSA) is 58.2 Å². The highest BCUT2D eigenvalue weighted by molar-refractivity contribution is 6.31. The summed E-state index contributed by atoms with van der Waals surface area (Å²) in [6.07, 6.45) is 1.96.